The van der Waals surface area contributed by atoms with E-state index in [2.05, 4.69) is 28.2 Å². The fourth-order valence-corrected chi connectivity index (χ4v) is 4.23. The van der Waals surface area contributed by atoms with Gasteiger partial charge in [-0.3, -0.25) is 19.3 Å². The van der Waals surface area contributed by atoms with Crippen LogP contribution in [-0.2, 0) is 14.4 Å². The van der Waals surface area contributed by atoms with E-state index < -0.39 is 6.03 Å². The highest BCUT2D eigenvalue weighted by atomic mass is 16.2. The van der Waals surface area contributed by atoms with Gasteiger partial charge >= 0.3 is 6.03 Å². The molecule has 0 bridgehead atoms. The highest BCUT2D eigenvalue weighted by Crippen LogP contribution is 2.11. The highest BCUT2D eigenvalue weighted by molar-refractivity contribution is 6.12. The topological polar surface area (TPSA) is 146 Å². The molecule has 38 heavy (non-hydrogen) atoms. The molecule has 1 aliphatic rings. The summed E-state index contributed by atoms with van der Waals surface area (Å²) >= 11 is 0. The summed E-state index contributed by atoms with van der Waals surface area (Å²) in [5.74, 6) is -0.432. The van der Waals surface area contributed by atoms with Crippen LogP contribution in [0.2, 0.25) is 0 Å². The van der Waals surface area contributed by atoms with Gasteiger partial charge in [-0.15, -0.1) is 0 Å². The molecule has 2 rings (SSSR count). The molecule has 1 aromatic rings. The maximum absolute atomic E-state index is 13.2. The number of hydrogen-bond donors (Lipinski definition) is 5. The number of nitrogens with one attached hydrogen (secondary N) is 4. The number of rotatable bonds is 18. The Labute approximate surface area is 226 Å². The molecular weight excluding hydrogens is 484 g/mol. The number of primary amides is 1. The van der Waals surface area contributed by atoms with Crippen LogP contribution in [0.15, 0.2) is 36.4 Å². The van der Waals surface area contributed by atoms with Gasteiger partial charge < -0.3 is 27.0 Å². The molecule has 6 N–H and O–H groups in total. The molecule has 0 fully saturated rings. The predicted molar refractivity (Wildman–Crippen MR) is 149 cm³/mol. The molecule has 1 aromatic carbocycles. The summed E-state index contributed by atoms with van der Waals surface area (Å²) in [6.45, 7) is 10.1. The number of amides is 5. The Balaban J connectivity index is 1.78. The van der Waals surface area contributed by atoms with E-state index in [-0.39, 0.29) is 35.7 Å². The number of nitrogens with zero attached hydrogens (tertiary/aromatic N) is 1. The van der Waals surface area contributed by atoms with E-state index in [9.17, 15) is 19.2 Å². The fourth-order valence-electron chi connectivity index (χ4n) is 4.23. The monoisotopic (exact) mass is 527 g/mol. The van der Waals surface area contributed by atoms with Crippen molar-refractivity contribution in [3.63, 3.8) is 0 Å². The lowest BCUT2D eigenvalue weighted by atomic mass is 10.0. The predicted octanol–water partition coefficient (Wildman–Crippen LogP) is 2.31. The lowest BCUT2D eigenvalue weighted by Crippen LogP contribution is -2.52. The Morgan fingerprint density at radius 1 is 0.947 bits per heavy atom. The molecule has 1 aliphatic heterocycles. The lowest BCUT2D eigenvalue weighted by molar-refractivity contribution is -0.136. The molecule has 0 saturated carbocycles. The van der Waals surface area contributed by atoms with Gasteiger partial charge in [-0.25, -0.2) is 4.79 Å². The van der Waals surface area contributed by atoms with Gasteiger partial charge in [0, 0.05) is 43.5 Å². The molecule has 2 atom stereocenters. The van der Waals surface area contributed by atoms with E-state index in [4.69, 9.17) is 5.73 Å². The van der Waals surface area contributed by atoms with Crippen molar-refractivity contribution >= 4 is 29.4 Å². The zero-order valence-corrected chi connectivity index (χ0v) is 22.6. The van der Waals surface area contributed by atoms with Crippen molar-refractivity contribution in [1.82, 2.24) is 20.9 Å². The van der Waals surface area contributed by atoms with E-state index >= 15 is 0 Å². The average molecular weight is 528 g/mol. The zero-order chi connectivity index (χ0) is 27.9. The number of carbonyl (C=O) groups excluding carboxylic acids is 4. The molecule has 209 valence electrons. The number of imide groups is 1. The summed E-state index contributed by atoms with van der Waals surface area (Å²) in [4.78, 5) is 48.6. The molecule has 0 unspecified atom stereocenters. The van der Waals surface area contributed by atoms with Gasteiger partial charge in [0.15, 0.2) is 0 Å². The summed E-state index contributed by atoms with van der Waals surface area (Å²) in [5.41, 5.74) is 7.03. The number of unbranched alkanes of at least 4 members (excludes halogenated alkanes) is 3. The second kappa shape index (κ2) is 16.4. The third kappa shape index (κ3) is 11.3. The van der Waals surface area contributed by atoms with E-state index in [1.54, 1.807) is 0 Å². The van der Waals surface area contributed by atoms with Crippen LogP contribution in [-0.4, -0.2) is 66.9 Å². The molecule has 1 radical (unpaired) electrons. The average Bonchev–Trinajstić information content (AvgIpc) is 3.19. The minimum atomic E-state index is -0.559. The second-order valence-corrected chi connectivity index (χ2v) is 9.97. The first-order valence-corrected chi connectivity index (χ1v) is 13.4. The Kier molecular flexibility index (Phi) is 13.3. The number of hydrogen-bond acceptors (Lipinski definition) is 6. The molecular formula is C28H43N6O4. The Hall–Kier alpha value is -3.40. The standard InChI is InChI=1S/C28H43N6O4/c1-20(2)26(30-16-6-4-5-7-18-34-24(35)14-15-25(34)36)27(37)33-23(9-8-17-31-28(29)38)19-32-22-12-10-21(3)11-13-22/h10-15,20,23,26,30,32H,3-9,16-19H2,1-2H3,(H,33,37)(H3,29,31,38)/t23-,26-/m0/s1. The first-order chi connectivity index (χ1) is 18.2. The van der Waals surface area contributed by atoms with Gasteiger partial charge in [-0.2, -0.15) is 0 Å². The van der Waals surface area contributed by atoms with Crippen LogP contribution in [0.5, 0.6) is 0 Å². The smallest absolute Gasteiger partial charge is 0.312 e. The number of nitrogens with two attached hydrogens (primary N) is 1. The molecule has 1 heterocycles. The van der Waals surface area contributed by atoms with E-state index in [1.165, 1.54) is 17.1 Å². The van der Waals surface area contributed by atoms with Crippen LogP contribution in [0, 0.1) is 12.8 Å². The Morgan fingerprint density at radius 3 is 2.24 bits per heavy atom. The Bertz CT molecular complexity index is 929. The summed E-state index contributed by atoms with van der Waals surface area (Å²) in [5, 5.41) is 12.5. The van der Waals surface area contributed by atoms with Crippen molar-refractivity contribution in [2.75, 3.05) is 31.5 Å². The minimum Gasteiger partial charge on any atom is -0.383 e. The Morgan fingerprint density at radius 2 is 1.61 bits per heavy atom. The first-order valence-electron chi connectivity index (χ1n) is 13.4. The van der Waals surface area contributed by atoms with E-state index in [0.717, 1.165) is 36.9 Å². The third-order valence-electron chi connectivity index (χ3n) is 6.40. The largest absolute Gasteiger partial charge is 0.383 e. The van der Waals surface area contributed by atoms with E-state index in [0.29, 0.717) is 39.0 Å². The van der Waals surface area contributed by atoms with Gasteiger partial charge in [0.1, 0.15) is 0 Å². The van der Waals surface area contributed by atoms with Crippen molar-refractivity contribution in [3.8, 4) is 0 Å². The SMILES string of the molecule is [CH2]c1ccc(NC[C@H](CCCNC(N)=O)NC(=O)[C@@H](NCCCCCCN2C(=O)C=CC2=O)C(C)C)cc1. The number of urea groups is 1. The van der Waals surface area contributed by atoms with Gasteiger partial charge in [-0.1, -0.05) is 38.8 Å². The molecule has 5 amide bonds. The molecule has 0 aromatic heterocycles. The fraction of sp³-hybridized carbons (Fsp3) is 0.536. The first kappa shape index (κ1) is 30.8. The van der Waals surface area contributed by atoms with Gasteiger partial charge in [0.25, 0.3) is 11.8 Å². The second-order valence-electron chi connectivity index (χ2n) is 9.97. The molecule has 0 aliphatic carbocycles. The van der Waals surface area contributed by atoms with Crippen LogP contribution in [0.25, 0.3) is 0 Å². The highest BCUT2D eigenvalue weighted by Gasteiger charge is 2.24. The maximum Gasteiger partial charge on any atom is 0.312 e. The van der Waals surface area contributed by atoms with Crippen LogP contribution < -0.4 is 27.0 Å². The van der Waals surface area contributed by atoms with Crippen molar-refractivity contribution in [2.45, 2.75) is 64.5 Å². The van der Waals surface area contributed by atoms with Gasteiger partial charge in [0.2, 0.25) is 5.91 Å². The zero-order valence-electron chi connectivity index (χ0n) is 22.6. The minimum absolute atomic E-state index is 0.0543. The van der Waals surface area contributed by atoms with Crippen LogP contribution in [0.3, 0.4) is 0 Å². The number of anilines is 1. The summed E-state index contributed by atoms with van der Waals surface area (Å²) in [6.07, 6.45) is 7.47. The van der Waals surface area contributed by atoms with Gasteiger partial charge in [0.05, 0.1) is 6.04 Å². The lowest BCUT2D eigenvalue weighted by Gasteiger charge is -2.26. The third-order valence-corrected chi connectivity index (χ3v) is 6.40. The number of carbonyl (C=O) groups is 4. The number of benzene rings is 1. The van der Waals surface area contributed by atoms with Crippen molar-refractivity contribution in [3.05, 3.63) is 48.9 Å². The van der Waals surface area contributed by atoms with Crippen LogP contribution >= 0.6 is 0 Å². The molecule has 0 saturated heterocycles. The van der Waals surface area contributed by atoms with Crippen molar-refractivity contribution in [2.24, 2.45) is 11.7 Å². The van der Waals surface area contributed by atoms with Crippen LogP contribution in [0.1, 0.15) is 57.9 Å². The molecule has 0 spiro atoms. The summed E-state index contributed by atoms with van der Waals surface area (Å²) in [7, 11) is 0. The summed E-state index contributed by atoms with van der Waals surface area (Å²) in [6, 6.07) is 6.72. The molecule has 10 nitrogen and oxygen atoms in total. The maximum atomic E-state index is 13.2. The molecule has 10 heteroatoms. The van der Waals surface area contributed by atoms with E-state index in [1.807, 2.05) is 38.1 Å². The summed E-state index contributed by atoms with van der Waals surface area (Å²) < 4.78 is 0. The van der Waals surface area contributed by atoms with Crippen molar-refractivity contribution < 1.29 is 19.2 Å². The quantitative estimate of drug-likeness (QED) is 0.146. The normalized spacial score (nSPS) is 14.6. The van der Waals surface area contributed by atoms with Crippen LogP contribution in [0.4, 0.5) is 10.5 Å². The van der Waals surface area contributed by atoms with Crippen molar-refractivity contribution in [1.29, 1.82) is 0 Å². The van der Waals surface area contributed by atoms with Gasteiger partial charge in [-0.05, 0) is 62.8 Å².